The Balaban J connectivity index is 1.34. The fourth-order valence-corrected chi connectivity index (χ4v) is 4.14. The Bertz CT molecular complexity index is 956. The third-order valence-corrected chi connectivity index (χ3v) is 5.88. The molecule has 2 aromatic carbocycles. The predicted octanol–water partition coefficient (Wildman–Crippen LogP) is 3.98. The molecule has 0 amide bonds. The Hall–Kier alpha value is -2.58. The van der Waals surface area contributed by atoms with Gasteiger partial charge in [0.2, 0.25) is 5.13 Å². The van der Waals surface area contributed by atoms with Gasteiger partial charge in [0.25, 0.3) is 0 Å². The van der Waals surface area contributed by atoms with E-state index in [-0.39, 0.29) is 17.7 Å². The number of hydrogen-bond acceptors (Lipinski definition) is 6. The lowest BCUT2D eigenvalue weighted by atomic mass is 10.1. The van der Waals surface area contributed by atoms with Gasteiger partial charge >= 0.3 is 0 Å². The molecule has 2 N–H and O–H groups in total. The second-order valence-corrected chi connectivity index (χ2v) is 8.22. The molecule has 1 saturated heterocycles. The maximum atomic E-state index is 14.5. The third kappa shape index (κ3) is 5.07. The first-order valence-corrected chi connectivity index (χ1v) is 10.4. The highest BCUT2D eigenvalue weighted by Gasteiger charge is 2.19. The van der Waals surface area contributed by atoms with Crippen LogP contribution in [-0.2, 0) is 13.0 Å². The standard InChI is InChI=1S/C21H22F2N4OS/c22-16-4-1-14(2-5-16)12-20-25-26-21(29-20)24-13-15-3-6-19(18(23)11-15)27-9-7-17(28)8-10-27/h1-6,11,17,28H,7-10,12-13H2,(H,24,26). The van der Waals surface area contributed by atoms with Crippen molar-refractivity contribution in [2.75, 3.05) is 23.3 Å². The molecule has 4 rings (SSSR count). The highest BCUT2D eigenvalue weighted by Crippen LogP contribution is 2.25. The van der Waals surface area contributed by atoms with Gasteiger partial charge in [0, 0.05) is 26.1 Å². The average Bonchev–Trinajstić information content (AvgIpc) is 3.16. The van der Waals surface area contributed by atoms with Crippen LogP contribution >= 0.6 is 11.3 Å². The van der Waals surface area contributed by atoms with Crippen molar-refractivity contribution in [3.05, 3.63) is 70.2 Å². The number of anilines is 2. The largest absolute Gasteiger partial charge is 0.393 e. The van der Waals surface area contributed by atoms with Gasteiger partial charge in [0.15, 0.2) is 0 Å². The van der Waals surface area contributed by atoms with Gasteiger partial charge in [-0.15, -0.1) is 10.2 Å². The van der Waals surface area contributed by atoms with Crippen molar-refractivity contribution < 1.29 is 13.9 Å². The van der Waals surface area contributed by atoms with Crippen molar-refractivity contribution in [1.29, 1.82) is 0 Å². The summed E-state index contributed by atoms with van der Waals surface area (Å²) in [5.41, 5.74) is 2.37. The molecule has 0 unspecified atom stereocenters. The normalized spacial score (nSPS) is 14.9. The molecule has 1 aliphatic rings. The van der Waals surface area contributed by atoms with Gasteiger partial charge in [0.1, 0.15) is 16.6 Å². The molecule has 8 heteroatoms. The van der Waals surface area contributed by atoms with Crippen LogP contribution in [0.3, 0.4) is 0 Å². The minimum Gasteiger partial charge on any atom is -0.393 e. The maximum absolute atomic E-state index is 14.5. The fourth-order valence-electron chi connectivity index (χ4n) is 3.37. The highest BCUT2D eigenvalue weighted by atomic mass is 32.1. The molecule has 0 radical (unpaired) electrons. The zero-order valence-corrected chi connectivity index (χ0v) is 16.6. The maximum Gasteiger partial charge on any atom is 0.205 e. The molecule has 1 fully saturated rings. The summed E-state index contributed by atoms with van der Waals surface area (Å²) in [7, 11) is 0. The van der Waals surface area contributed by atoms with E-state index in [1.54, 1.807) is 18.2 Å². The van der Waals surface area contributed by atoms with Gasteiger partial charge in [-0.2, -0.15) is 0 Å². The molecular weight excluding hydrogens is 394 g/mol. The van der Waals surface area contributed by atoms with Crippen LogP contribution in [0.5, 0.6) is 0 Å². The summed E-state index contributed by atoms with van der Waals surface area (Å²) in [5.74, 6) is -0.514. The van der Waals surface area contributed by atoms with Gasteiger partial charge in [-0.1, -0.05) is 29.5 Å². The highest BCUT2D eigenvalue weighted by molar-refractivity contribution is 7.15. The van der Waals surface area contributed by atoms with Crippen LogP contribution in [0.2, 0.25) is 0 Å². The smallest absolute Gasteiger partial charge is 0.205 e. The number of halogens is 2. The lowest BCUT2D eigenvalue weighted by molar-refractivity contribution is 0.145. The Morgan fingerprint density at radius 3 is 2.48 bits per heavy atom. The number of benzene rings is 2. The second kappa shape index (κ2) is 8.84. The zero-order chi connectivity index (χ0) is 20.2. The molecule has 0 atom stereocenters. The summed E-state index contributed by atoms with van der Waals surface area (Å²) in [6.07, 6.45) is 1.64. The Kier molecular flexibility index (Phi) is 6.01. The molecule has 3 aromatic rings. The van der Waals surface area contributed by atoms with E-state index < -0.39 is 0 Å². The van der Waals surface area contributed by atoms with E-state index in [0.29, 0.717) is 49.7 Å². The molecule has 0 aliphatic carbocycles. The van der Waals surface area contributed by atoms with Crippen molar-refractivity contribution in [2.45, 2.75) is 31.9 Å². The summed E-state index contributed by atoms with van der Waals surface area (Å²) < 4.78 is 27.5. The van der Waals surface area contributed by atoms with E-state index >= 15 is 0 Å². The van der Waals surface area contributed by atoms with Gasteiger partial charge in [-0.3, -0.25) is 0 Å². The summed E-state index contributed by atoms with van der Waals surface area (Å²) in [6, 6.07) is 11.6. The average molecular weight is 416 g/mol. The van der Waals surface area contributed by atoms with Crippen LogP contribution in [0.4, 0.5) is 19.6 Å². The number of piperidine rings is 1. The molecule has 0 bridgehead atoms. The predicted molar refractivity (Wildman–Crippen MR) is 110 cm³/mol. The van der Waals surface area contributed by atoms with Gasteiger partial charge in [-0.25, -0.2) is 8.78 Å². The van der Waals surface area contributed by atoms with E-state index in [9.17, 15) is 13.9 Å². The van der Waals surface area contributed by atoms with Crippen LogP contribution in [0.1, 0.15) is 29.0 Å². The van der Waals surface area contributed by atoms with Crippen molar-refractivity contribution >= 4 is 22.2 Å². The van der Waals surface area contributed by atoms with Crippen LogP contribution in [0, 0.1) is 11.6 Å². The lowest BCUT2D eigenvalue weighted by Gasteiger charge is -2.31. The zero-order valence-electron chi connectivity index (χ0n) is 15.8. The molecule has 0 spiro atoms. The fraction of sp³-hybridized carbons (Fsp3) is 0.333. The number of nitrogens with one attached hydrogen (secondary N) is 1. The van der Waals surface area contributed by atoms with Crippen molar-refractivity contribution in [1.82, 2.24) is 10.2 Å². The van der Waals surface area contributed by atoms with Crippen LogP contribution < -0.4 is 10.2 Å². The second-order valence-electron chi connectivity index (χ2n) is 7.16. The van der Waals surface area contributed by atoms with Crippen molar-refractivity contribution in [3.63, 3.8) is 0 Å². The summed E-state index contributed by atoms with van der Waals surface area (Å²) in [6.45, 7) is 1.77. The first kappa shape index (κ1) is 19.7. The first-order valence-electron chi connectivity index (χ1n) is 9.59. The minimum atomic E-state index is -0.280. The van der Waals surface area contributed by atoms with E-state index in [0.717, 1.165) is 16.1 Å². The van der Waals surface area contributed by atoms with Crippen molar-refractivity contribution in [2.24, 2.45) is 0 Å². The monoisotopic (exact) mass is 416 g/mol. The topological polar surface area (TPSA) is 61.3 Å². The molecule has 0 saturated carbocycles. The molecule has 152 valence electrons. The summed E-state index contributed by atoms with van der Waals surface area (Å²) in [5, 5.41) is 22.6. The van der Waals surface area contributed by atoms with E-state index in [2.05, 4.69) is 15.5 Å². The van der Waals surface area contributed by atoms with E-state index in [1.165, 1.54) is 29.5 Å². The van der Waals surface area contributed by atoms with Crippen LogP contribution in [0.25, 0.3) is 0 Å². The minimum absolute atomic E-state index is 0.255. The van der Waals surface area contributed by atoms with Gasteiger partial charge < -0.3 is 15.3 Å². The quantitative estimate of drug-likeness (QED) is 0.637. The number of aliphatic hydroxyl groups is 1. The third-order valence-electron chi connectivity index (χ3n) is 5.00. The lowest BCUT2D eigenvalue weighted by Crippen LogP contribution is -2.36. The SMILES string of the molecule is OC1CCN(c2ccc(CNc3nnc(Cc4ccc(F)cc4)s3)cc2F)CC1. The summed E-state index contributed by atoms with van der Waals surface area (Å²) in [4.78, 5) is 1.98. The number of aliphatic hydroxyl groups excluding tert-OH is 1. The first-order chi connectivity index (χ1) is 14.1. The Labute approximate surface area is 172 Å². The number of nitrogens with zero attached hydrogens (tertiary/aromatic N) is 3. The molecule has 1 aliphatic heterocycles. The van der Waals surface area contributed by atoms with E-state index in [4.69, 9.17) is 0 Å². The van der Waals surface area contributed by atoms with Crippen LogP contribution in [-0.4, -0.2) is 34.5 Å². The van der Waals surface area contributed by atoms with Gasteiger partial charge in [-0.05, 0) is 48.2 Å². The Morgan fingerprint density at radius 1 is 1.03 bits per heavy atom. The summed E-state index contributed by atoms with van der Waals surface area (Å²) >= 11 is 1.43. The van der Waals surface area contributed by atoms with Gasteiger partial charge in [0.05, 0.1) is 11.8 Å². The number of hydrogen-bond donors (Lipinski definition) is 2. The molecule has 5 nitrogen and oxygen atoms in total. The molecule has 2 heterocycles. The van der Waals surface area contributed by atoms with E-state index in [1.807, 2.05) is 11.0 Å². The van der Waals surface area contributed by atoms with Crippen molar-refractivity contribution in [3.8, 4) is 0 Å². The number of rotatable bonds is 6. The molecule has 29 heavy (non-hydrogen) atoms. The molecular formula is C21H22F2N4OS. The Morgan fingerprint density at radius 2 is 1.76 bits per heavy atom. The number of aromatic nitrogens is 2. The molecule has 1 aromatic heterocycles. The van der Waals surface area contributed by atoms with Crippen LogP contribution in [0.15, 0.2) is 42.5 Å².